The number of halogens is 3. The summed E-state index contributed by atoms with van der Waals surface area (Å²) in [6, 6.07) is 17.6. The number of hydrogen-bond donors (Lipinski definition) is 2. The molecule has 0 unspecified atom stereocenters. The molecule has 11 heteroatoms. The fraction of sp³-hybridized carbons (Fsp3) is 0.364. The van der Waals surface area contributed by atoms with Gasteiger partial charge in [0.25, 0.3) is 5.91 Å². The molecule has 3 aromatic carbocycles. The summed E-state index contributed by atoms with van der Waals surface area (Å²) in [6.07, 6.45) is -0.736. The minimum atomic E-state index is -1.64. The molecule has 0 bridgehead atoms. The van der Waals surface area contributed by atoms with E-state index >= 15 is 0 Å². The number of nitrogens with one attached hydrogen (secondary N) is 1. The molecule has 8 nitrogen and oxygen atoms in total. The molecule has 0 saturated heterocycles. The lowest BCUT2D eigenvalue weighted by molar-refractivity contribution is -0.155. The first kappa shape index (κ1) is 33.2. The minimum Gasteiger partial charge on any atom is -0.494 e. The molecule has 0 fully saturated rings. The summed E-state index contributed by atoms with van der Waals surface area (Å²) in [5.74, 6) is -0.650. The Morgan fingerprint density at radius 2 is 1.77 bits per heavy atom. The van der Waals surface area contributed by atoms with Crippen molar-refractivity contribution >= 4 is 41.0 Å². The van der Waals surface area contributed by atoms with Gasteiger partial charge in [-0.05, 0) is 81.3 Å². The Kier molecular flexibility index (Phi) is 10.9. The third kappa shape index (κ3) is 8.49. The van der Waals surface area contributed by atoms with Gasteiger partial charge in [-0.15, -0.1) is 0 Å². The minimum absolute atomic E-state index is 0.0198. The highest BCUT2D eigenvalue weighted by atomic mass is 35.5. The van der Waals surface area contributed by atoms with Gasteiger partial charge in [-0.1, -0.05) is 41.4 Å². The smallest absolute Gasteiger partial charge is 0.306 e. The number of amides is 1. The van der Waals surface area contributed by atoms with E-state index < -0.39 is 34.9 Å². The molecule has 1 heterocycles. The van der Waals surface area contributed by atoms with Crippen molar-refractivity contribution < 1.29 is 33.3 Å². The van der Waals surface area contributed by atoms with Crippen LogP contribution in [0.4, 0.5) is 4.39 Å². The third-order valence-electron chi connectivity index (χ3n) is 6.77. The average Bonchev–Trinajstić information content (AvgIpc) is 3.36. The van der Waals surface area contributed by atoms with Crippen LogP contribution in [0.2, 0.25) is 10.0 Å². The van der Waals surface area contributed by atoms with E-state index in [-0.39, 0.29) is 36.9 Å². The highest BCUT2D eigenvalue weighted by Crippen LogP contribution is 2.46. The summed E-state index contributed by atoms with van der Waals surface area (Å²) in [5, 5.41) is 12.6. The molecule has 1 aliphatic heterocycles. The number of ether oxygens (including phenoxy) is 3. The van der Waals surface area contributed by atoms with E-state index in [1.54, 1.807) is 75.4 Å². The van der Waals surface area contributed by atoms with Gasteiger partial charge in [0.05, 0.1) is 6.61 Å². The molecule has 1 amide bonds. The SMILES string of the molecule is CC(C)(C)OC(=O)CC[C@@]1(C(=O)NCc2ccc(F)cc2)N=C(c2ccc(OCCCO)cc2)O[C@@H]1c1ccc(Cl)cc1Cl. The molecular weight excluding hydrogens is 610 g/mol. The van der Waals surface area contributed by atoms with E-state index in [4.69, 9.17) is 47.5 Å². The van der Waals surface area contributed by atoms with Crippen LogP contribution < -0.4 is 10.1 Å². The Morgan fingerprint density at radius 1 is 1.07 bits per heavy atom. The summed E-state index contributed by atoms with van der Waals surface area (Å²) in [4.78, 5) is 32.0. The quantitative estimate of drug-likeness (QED) is 0.170. The number of benzene rings is 3. The molecule has 0 spiro atoms. The van der Waals surface area contributed by atoms with Gasteiger partial charge in [-0.25, -0.2) is 9.38 Å². The molecule has 234 valence electrons. The van der Waals surface area contributed by atoms with Gasteiger partial charge in [-0.3, -0.25) is 9.59 Å². The summed E-state index contributed by atoms with van der Waals surface area (Å²) >= 11 is 12.8. The Balaban J connectivity index is 1.74. The third-order valence-corrected chi connectivity index (χ3v) is 7.33. The zero-order valence-electron chi connectivity index (χ0n) is 24.7. The highest BCUT2D eigenvalue weighted by Gasteiger charge is 2.54. The Labute approximate surface area is 266 Å². The summed E-state index contributed by atoms with van der Waals surface area (Å²) in [5.41, 5.74) is -0.668. The van der Waals surface area contributed by atoms with Crippen LogP contribution in [0, 0.1) is 5.82 Å². The topological polar surface area (TPSA) is 106 Å². The van der Waals surface area contributed by atoms with Crippen LogP contribution in [-0.2, 0) is 25.6 Å². The van der Waals surface area contributed by atoms with Crippen molar-refractivity contribution in [3.05, 3.63) is 99.3 Å². The van der Waals surface area contributed by atoms with Gasteiger partial charge < -0.3 is 24.6 Å². The lowest BCUT2D eigenvalue weighted by Crippen LogP contribution is -2.48. The van der Waals surface area contributed by atoms with Crippen LogP contribution in [0.1, 0.15) is 62.8 Å². The zero-order valence-corrected chi connectivity index (χ0v) is 26.3. The van der Waals surface area contributed by atoms with Gasteiger partial charge in [0.15, 0.2) is 11.6 Å². The lowest BCUT2D eigenvalue weighted by atomic mass is 9.83. The van der Waals surface area contributed by atoms with E-state index in [1.807, 2.05) is 0 Å². The van der Waals surface area contributed by atoms with Gasteiger partial charge in [-0.2, -0.15) is 0 Å². The molecule has 0 aromatic heterocycles. The van der Waals surface area contributed by atoms with Crippen LogP contribution in [0.25, 0.3) is 0 Å². The van der Waals surface area contributed by atoms with Crippen molar-refractivity contribution in [2.75, 3.05) is 13.2 Å². The monoisotopic (exact) mass is 644 g/mol. The summed E-state index contributed by atoms with van der Waals surface area (Å²) in [7, 11) is 0. The normalized spacial score (nSPS) is 17.9. The number of aliphatic hydroxyl groups is 1. The first-order chi connectivity index (χ1) is 20.9. The number of hydrogen-bond acceptors (Lipinski definition) is 7. The highest BCUT2D eigenvalue weighted by molar-refractivity contribution is 6.35. The van der Waals surface area contributed by atoms with Crippen molar-refractivity contribution in [1.29, 1.82) is 0 Å². The lowest BCUT2D eigenvalue weighted by Gasteiger charge is -2.31. The fourth-order valence-corrected chi connectivity index (χ4v) is 5.19. The van der Waals surface area contributed by atoms with Crippen LogP contribution in [0.15, 0.2) is 71.7 Å². The maximum atomic E-state index is 14.2. The molecule has 2 atom stereocenters. The first-order valence-corrected chi connectivity index (χ1v) is 15.0. The Bertz CT molecular complexity index is 1490. The van der Waals surface area contributed by atoms with Gasteiger partial charge in [0, 0.05) is 47.2 Å². The number of aliphatic imine (C=N–C) groups is 1. The van der Waals surface area contributed by atoms with E-state index in [0.717, 1.165) is 0 Å². The van der Waals surface area contributed by atoms with Gasteiger partial charge in [0.1, 0.15) is 17.2 Å². The van der Waals surface area contributed by atoms with Crippen molar-refractivity contribution in [1.82, 2.24) is 5.32 Å². The number of esters is 1. The molecule has 2 N–H and O–H groups in total. The number of carbonyl (C=O) groups excluding carboxylic acids is 2. The van der Waals surface area contributed by atoms with Crippen molar-refractivity contribution in [3.8, 4) is 5.75 Å². The van der Waals surface area contributed by atoms with E-state index in [1.165, 1.54) is 12.1 Å². The van der Waals surface area contributed by atoms with Crippen LogP contribution >= 0.6 is 23.2 Å². The maximum Gasteiger partial charge on any atom is 0.306 e. The number of aliphatic hydroxyl groups excluding tert-OH is 1. The molecule has 4 rings (SSSR count). The van der Waals surface area contributed by atoms with Crippen molar-refractivity contribution in [2.24, 2.45) is 4.99 Å². The summed E-state index contributed by atoms with van der Waals surface area (Å²) < 4.78 is 31.1. The standard InChI is InChI=1S/C33H35Cl2FN2O6/c1-32(2,3)44-28(40)15-16-33(31(41)37-20-21-5-10-24(36)11-6-21)29(26-14-9-23(34)19-27(26)35)43-30(38-33)22-7-12-25(13-8-22)42-18-4-17-39/h5-14,19,29,39H,4,15-18,20H2,1-3H3,(H,37,41)/t29-,33-/m1/s1. The molecule has 0 aliphatic carbocycles. The summed E-state index contributed by atoms with van der Waals surface area (Å²) in [6.45, 7) is 5.74. The van der Waals surface area contributed by atoms with Crippen LogP contribution in [0.5, 0.6) is 5.75 Å². The zero-order chi connectivity index (χ0) is 31.9. The molecule has 0 saturated carbocycles. The second kappa shape index (κ2) is 14.4. The van der Waals surface area contributed by atoms with E-state index in [9.17, 15) is 14.0 Å². The number of nitrogens with zero attached hydrogens (tertiary/aromatic N) is 1. The van der Waals surface area contributed by atoms with Crippen molar-refractivity contribution in [3.63, 3.8) is 0 Å². The second-order valence-electron chi connectivity index (χ2n) is 11.4. The van der Waals surface area contributed by atoms with Gasteiger partial charge in [0.2, 0.25) is 5.90 Å². The van der Waals surface area contributed by atoms with Gasteiger partial charge >= 0.3 is 5.97 Å². The molecule has 1 aliphatic rings. The van der Waals surface area contributed by atoms with E-state index in [0.29, 0.717) is 40.5 Å². The largest absolute Gasteiger partial charge is 0.494 e. The second-order valence-corrected chi connectivity index (χ2v) is 12.2. The fourth-order valence-electron chi connectivity index (χ4n) is 4.68. The number of rotatable bonds is 12. The predicted molar refractivity (Wildman–Crippen MR) is 167 cm³/mol. The first-order valence-electron chi connectivity index (χ1n) is 14.2. The molecule has 0 radical (unpaired) electrons. The van der Waals surface area contributed by atoms with Crippen molar-refractivity contribution in [2.45, 2.75) is 63.8 Å². The van der Waals surface area contributed by atoms with E-state index in [2.05, 4.69) is 5.32 Å². The predicted octanol–water partition coefficient (Wildman–Crippen LogP) is 6.59. The molecule has 3 aromatic rings. The molecular formula is C33H35Cl2FN2O6. The van der Waals surface area contributed by atoms with Crippen LogP contribution in [0.3, 0.4) is 0 Å². The van der Waals surface area contributed by atoms with Crippen LogP contribution in [-0.4, -0.2) is 47.2 Å². The Morgan fingerprint density at radius 3 is 2.41 bits per heavy atom. The average molecular weight is 646 g/mol. The molecule has 44 heavy (non-hydrogen) atoms. The Hall–Kier alpha value is -3.66. The maximum absolute atomic E-state index is 14.2. The number of carbonyl (C=O) groups is 2.